The quantitative estimate of drug-likeness (QED) is 0.334. The first-order valence-corrected chi connectivity index (χ1v) is 7.68. The molecule has 0 N–H and O–H groups in total. The van der Waals surface area contributed by atoms with Crippen LogP contribution in [0.1, 0.15) is 26.7 Å². The average Bonchev–Trinajstić information content (AvgIpc) is 2.55. The van der Waals surface area contributed by atoms with Crippen LogP contribution in [0.3, 0.4) is 0 Å². The average molecular weight is 332 g/mol. The van der Waals surface area contributed by atoms with Gasteiger partial charge in [0.25, 0.3) is 5.75 Å². The van der Waals surface area contributed by atoms with Crippen molar-refractivity contribution in [3.05, 3.63) is 40.8 Å². The highest BCUT2D eigenvalue weighted by Crippen LogP contribution is 2.38. The van der Waals surface area contributed by atoms with Crippen molar-refractivity contribution in [3.8, 4) is 17.2 Å². The maximum atomic E-state index is 12.0. The molecule has 2 aromatic rings. The molecule has 0 radical (unpaired) electrons. The van der Waals surface area contributed by atoms with Crippen LogP contribution in [-0.4, -0.2) is 19.7 Å². The molecule has 128 valence electrons. The Bertz CT molecular complexity index is 803. The van der Waals surface area contributed by atoms with Gasteiger partial charge < -0.3 is 18.6 Å². The molecule has 0 bridgehead atoms. The van der Waals surface area contributed by atoms with Gasteiger partial charge in [0.2, 0.25) is 0 Å². The monoisotopic (exact) mass is 332 g/mol. The molecular weight excluding hydrogens is 312 g/mol. The molecule has 2 rings (SSSR count). The van der Waals surface area contributed by atoms with Crippen LogP contribution in [0.4, 0.5) is 0 Å². The topological polar surface area (TPSA) is 75.0 Å². The fourth-order valence-electron chi connectivity index (χ4n) is 2.24. The molecular formula is C18H20O6. The van der Waals surface area contributed by atoms with Crippen molar-refractivity contribution in [2.75, 3.05) is 13.7 Å². The maximum Gasteiger partial charge on any atom is 0.383 e. The number of carbonyl (C=O) groups excluding carboxylic acids is 1. The third kappa shape index (κ3) is 3.95. The Morgan fingerprint density at radius 1 is 1.25 bits per heavy atom. The zero-order valence-corrected chi connectivity index (χ0v) is 14.0. The Morgan fingerprint density at radius 3 is 2.71 bits per heavy atom. The van der Waals surface area contributed by atoms with Gasteiger partial charge in [0, 0.05) is 6.92 Å². The third-order valence-corrected chi connectivity index (χ3v) is 3.20. The fraction of sp³-hybridized carbons (Fsp3) is 0.333. The first-order valence-electron chi connectivity index (χ1n) is 7.68. The van der Waals surface area contributed by atoms with Gasteiger partial charge in [-0.1, -0.05) is 25.1 Å². The number of esters is 1. The fourth-order valence-corrected chi connectivity index (χ4v) is 2.24. The molecule has 1 heterocycles. The second-order valence-electron chi connectivity index (χ2n) is 4.99. The van der Waals surface area contributed by atoms with E-state index in [0.717, 1.165) is 12.8 Å². The van der Waals surface area contributed by atoms with Gasteiger partial charge in [-0.05, 0) is 25.0 Å². The lowest BCUT2D eigenvalue weighted by Crippen LogP contribution is -2.13. The minimum Gasteiger partial charge on any atom is -0.492 e. The van der Waals surface area contributed by atoms with E-state index in [1.807, 2.05) is 6.08 Å². The Hall–Kier alpha value is -2.76. The number of carbonyl (C=O) groups is 1. The van der Waals surface area contributed by atoms with Crippen LogP contribution in [-0.2, 0) is 4.79 Å². The summed E-state index contributed by atoms with van der Waals surface area (Å²) in [5.41, 5.74) is -0.480. The molecule has 0 aliphatic heterocycles. The van der Waals surface area contributed by atoms with Crippen molar-refractivity contribution in [1.82, 2.24) is 0 Å². The predicted octanol–water partition coefficient (Wildman–Crippen LogP) is 3.46. The second kappa shape index (κ2) is 8.19. The number of allylic oxidation sites excluding steroid dienone is 1. The summed E-state index contributed by atoms with van der Waals surface area (Å²) in [7, 11) is 1.39. The van der Waals surface area contributed by atoms with Crippen LogP contribution in [0.15, 0.2) is 39.6 Å². The molecule has 0 amide bonds. The van der Waals surface area contributed by atoms with Crippen molar-refractivity contribution in [3.63, 3.8) is 0 Å². The highest BCUT2D eigenvalue weighted by atomic mass is 16.6. The predicted molar refractivity (Wildman–Crippen MR) is 89.9 cm³/mol. The molecule has 0 saturated carbocycles. The van der Waals surface area contributed by atoms with Gasteiger partial charge in [-0.25, -0.2) is 4.79 Å². The van der Waals surface area contributed by atoms with E-state index in [9.17, 15) is 9.59 Å². The molecule has 6 nitrogen and oxygen atoms in total. The Balaban J connectivity index is 2.46. The summed E-state index contributed by atoms with van der Waals surface area (Å²) in [6.45, 7) is 3.72. The molecule has 1 aromatic carbocycles. The van der Waals surface area contributed by atoms with Gasteiger partial charge >= 0.3 is 11.6 Å². The van der Waals surface area contributed by atoms with Crippen molar-refractivity contribution >= 4 is 16.9 Å². The van der Waals surface area contributed by atoms with Gasteiger partial charge in [-0.3, -0.25) is 4.79 Å². The smallest absolute Gasteiger partial charge is 0.383 e. The maximum absolute atomic E-state index is 12.0. The number of hydrogen-bond donors (Lipinski definition) is 0. The van der Waals surface area contributed by atoms with E-state index in [1.165, 1.54) is 14.0 Å². The normalized spacial score (nSPS) is 11.0. The second-order valence-corrected chi connectivity index (χ2v) is 4.99. The largest absolute Gasteiger partial charge is 0.492 e. The number of hydrogen-bond acceptors (Lipinski definition) is 6. The molecule has 6 heteroatoms. The first-order chi connectivity index (χ1) is 11.6. The summed E-state index contributed by atoms with van der Waals surface area (Å²) in [4.78, 5) is 23.2. The van der Waals surface area contributed by atoms with E-state index in [1.54, 1.807) is 18.2 Å². The van der Waals surface area contributed by atoms with E-state index in [-0.39, 0.29) is 11.5 Å². The number of ether oxygens (including phenoxy) is 3. The number of benzene rings is 1. The molecule has 0 aliphatic carbocycles. The van der Waals surface area contributed by atoms with Crippen molar-refractivity contribution in [2.45, 2.75) is 26.7 Å². The summed E-state index contributed by atoms with van der Waals surface area (Å²) in [5.74, 6) is -0.301. The van der Waals surface area contributed by atoms with Gasteiger partial charge in [0.1, 0.15) is 16.7 Å². The SMILES string of the molecule is CCC=CCCOc1cccc2oc(=O)c(OC(C)=O)c(OC)c12. The number of rotatable bonds is 7. The van der Waals surface area contributed by atoms with Crippen molar-refractivity contribution in [1.29, 1.82) is 0 Å². The zero-order valence-electron chi connectivity index (χ0n) is 14.0. The molecule has 0 saturated heterocycles. The first kappa shape index (κ1) is 17.6. The highest BCUT2D eigenvalue weighted by Gasteiger charge is 2.21. The van der Waals surface area contributed by atoms with Crippen LogP contribution in [0.5, 0.6) is 17.2 Å². The van der Waals surface area contributed by atoms with E-state index in [0.29, 0.717) is 23.3 Å². The Morgan fingerprint density at radius 2 is 2.04 bits per heavy atom. The van der Waals surface area contributed by atoms with E-state index < -0.39 is 11.6 Å². The van der Waals surface area contributed by atoms with Gasteiger partial charge in [0.05, 0.1) is 13.7 Å². The highest BCUT2D eigenvalue weighted by molar-refractivity contribution is 5.92. The lowest BCUT2D eigenvalue weighted by Gasteiger charge is -2.13. The van der Waals surface area contributed by atoms with E-state index in [2.05, 4.69) is 13.0 Å². The summed E-state index contributed by atoms with van der Waals surface area (Å²) in [6.07, 6.45) is 5.82. The minimum absolute atomic E-state index is 0.121. The Kier molecular flexibility index (Phi) is 6.01. The minimum atomic E-state index is -0.780. The third-order valence-electron chi connectivity index (χ3n) is 3.20. The van der Waals surface area contributed by atoms with Gasteiger partial charge in [-0.15, -0.1) is 0 Å². The zero-order chi connectivity index (χ0) is 17.5. The standard InChI is InChI=1S/C18H20O6/c1-4-5-6-7-11-22-13-9-8-10-14-15(13)16(21-3)17(18(20)24-14)23-12(2)19/h5-6,8-10H,4,7,11H2,1-3H3. The molecule has 0 spiro atoms. The van der Waals surface area contributed by atoms with Crippen LogP contribution in [0, 0.1) is 0 Å². The molecule has 0 aliphatic rings. The molecule has 0 atom stereocenters. The van der Waals surface area contributed by atoms with Crippen LogP contribution in [0.25, 0.3) is 11.0 Å². The van der Waals surface area contributed by atoms with Crippen molar-refractivity contribution < 1.29 is 23.4 Å². The molecule has 24 heavy (non-hydrogen) atoms. The van der Waals surface area contributed by atoms with Crippen LogP contribution < -0.4 is 19.8 Å². The van der Waals surface area contributed by atoms with E-state index >= 15 is 0 Å². The summed E-state index contributed by atoms with van der Waals surface area (Å²) < 4.78 is 21.2. The Labute approximate surface area is 139 Å². The molecule has 0 unspecified atom stereocenters. The van der Waals surface area contributed by atoms with Crippen LogP contribution in [0.2, 0.25) is 0 Å². The van der Waals surface area contributed by atoms with Crippen molar-refractivity contribution in [2.24, 2.45) is 0 Å². The summed E-state index contributed by atoms with van der Waals surface area (Å²) in [5, 5.41) is 0.454. The summed E-state index contributed by atoms with van der Waals surface area (Å²) in [6, 6.07) is 5.08. The summed E-state index contributed by atoms with van der Waals surface area (Å²) >= 11 is 0. The number of fused-ring (bicyclic) bond motifs is 1. The van der Waals surface area contributed by atoms with Gasteiger partial charge in [-0.2, -0.15) is 0 Å². The van der Waals surface area contributed by atoms with E-state index in [4.69, 9.17) is 18.6 Å². The lowest BCUT2D eigenvalue weighted by atomic mass is 10.2. The molecule has 0 fully saturated rings. The molecule has 1 aromatic heterocycles. The van der Waals surface area contributed by atoms with Crippen LogP contribution >= 0.6 is 0 Å². The number of methoxy groups -OCH3 is 1. The van der Waals surface area contributed by atoms with Gasteiger partial charge in [0.15, 0.2) is 5.75 Å². The lowest BCUT2D eigenvalue weighted by molar-refractivity contribution is -0.132.